The smallest absolute Gasteiger partial charge is 0.191 e. The van der Waals surface area contributed by atoms with E-state index in [1.165, 1.54) is 12.8 Å². The Balaban J connectivity index is 2.27. The van der Waals surface area contributed by atoms with E-state index in [1.54, 1.807) is 0 Å². The quantitative estimate of drug-likeness (QED) is 0.503. The lowest BCUT2D eigenvalue weighted by molar-refractivity contribution is 0.178. The molecule has 0 bridgehead atoms. The number of guanidine groups is 1. The number of hydrogen-bond acceptors (Lipinski definition) is 3. The number of aliphatic imine (C=N–C) groups is 1. The molecule has 1 rings (SSSR count). The second kappa shape index (κ2) is 9.36. The highest BCUT2D eigenvalue weighted by atomic mass is 15.2. The minimum absolute atomic E-state index is 0.536. The predicted molar refractivity (Wildman–Crippen MR) is 96.6 cm³/mol. The number of nitrogens with one attached hydrogen (secondary N) is 2. The summed E-state index contributed by atoms with van der Waals surface area (Å²) in [7, 11) is 4.07. The van der Waals surface area contributed by atoms with Gasteiger partial charge in [0.1, 0.15) is 0 Å². The summed E-state index contributed by atoms with van der Waals surface area (Å²) in [6.45, 7) is 14.2. The lowest BCUT2D eigenvalue weighted by Gasteiger charge is -2.31. The number of rotatable bonds is 9. The molecule has 5 nitrogen and oxygen atoms in total. The van der Waals surface area contributed by atoms with E-state index in [9.17, 15) is 0 Å². The largest absolute Gasteiger partial charge is 0.355 e. The maximum atomic E-state index is 4.32. The molecule has 2 N–H and O–H groups in total. The molecule has 0 aliphatic heterocycles. The highest BCUT2D eigenvalue weighted by Crippen LogP contribution is 2.26. The van der Waals surface area contributed by atoms with E-state index < -0.39 is 0 Å². The van der Waals surface area contributed by atoms with Crippen LogP contribution >= 0.6 is 0 Å². The Bertz CT molecular complexity index is 328. The van der Waals surface area contributed by atoms with Crippen LogP contribution in [0.3, 0.4) is 0 Å². The van der Waals surface area contributed by atoms with E-state index in [-0.39, 0.29) is 0 Å². The van der Waals surface area contributed by atoms with Crippen molar-refractivity contribution < 1.29 is 0 Å². The van der Waals surface area contributed by atoms with Crippen molar-refractivity contribution >= 4 is 5.96 Å². The number of likely N-dealkylation sites (N-methyl/N-ethyl adjacent to an activating group) is 1. The van der Waals surface area contributed by atoms with Crippen LogP contribution in [0.5, 0.6) is 0 Å². The SMILES string of the molecule is CN=C(NCCN(C(C)C)C(C)C)NCC(C)N(C)C1CC1. The molecule has 0 aromatic rings. The van der Waals surface area contributed by atoms with Crippen molar-refractivity contribution in [1.82, 2.24) is 20.4 Å². The first-order valence-electron chi connectivity index (χ1n) is 8.79. The van der Waals surface area contributed by atoms with Gasteiger partial charge >= 0.3 is 0 Å². The molecule has 1 atom stereocenters. The number of hydrogen-bond donors (Lipinski definition) is 2. The van der Waals surface area contributed by atoms with Crippen LogP contribution in [0.1, 0.15) is 47.5 Å². The van der Waals surface area contributed by atoms with E-state index in [0.717, 1.165) is 31.6 Å². The van der Waals surface area contributed by atoms with Gasteiger partial charge in [0.2, 0.25) is 0 Å². The average Bonchev–Trinajstić information content (AvgIpc) is 3.29. The Labute approximate surface area is 137 Å². The molecule has 0 saturated heterocycles. The lowest BCUT2D eigenvalue weighted by atomic mass is 10.2. The summed E-state index contributed by atoms with van der Waals surface area (Å²) in [6.07, 6.45) is 2.71. The van der Waals surface area contributed by atoms with Crippen LogP contribution in [-0.2, 0) is 0 Å². The predicted octanol–water partition coefficient (Wildman–Crippen LogP) is 1.75. The third-order valence-electron chi connectivity index (χ3n) is 4.60. The molecule has 1 aliphatic carbocycles. The molecule has 1 aliphatic rings. The van der Waals surface area contributed by atoms with E-state index in [2.05, 4.69) is 67.1 Å². The van der Waals surface area contributed by atoms with Crippen LogP contribution in [0.4, 0.5) is 0 Å². The van der Waals surface area contributed by atoms with Crippen LogP contribution in [0, 0.1) is 0 Å². The maximum absolute atomic E-state index is 4.32. The van der Waals surface area contributed by atoms with Crippen LogP contribution in [0.25, 0.3) is 0 Å². The monoisotopic (exact) mass is 311 g/mol. The van der Waals surface area contributed by atoms with E-state index in [0.29, 0.717) is 18.1 Å². The fourth-order valence-corrected chi connectivity index (χ4v) is 2.87. The summed E-state index contributed by atoms with van der Waals surface area (Å²) in [6, 6.07) is 2.49. The van der Waals surface area contributed by atoms with Gasteiger partial charge in [-0.25, -0.2) is 0 Å². The van der Waals surface area contributed by atoms with Crippen molar-refractivity contribution in [2.45, 2.75) is 71.6 Å². The van der Waals surface area contributed by atoms with Crippen LogP contribution < -0.4 is 10.6 Å². The van der Waals surface area contributed by atoms with Crippen molar-refractivity contribution in [2.75, 3.05) is 33.7 Å². The molecular formula is C17H37N5. The zero-order valence-corrected chi connectivity index (χ0v) is 15.7. The van der Waals surface area contributed by atoms with Crippen LogP contribution in [0.15, 0.2) is 4.99 Å². The maximum Gasteiger partial charge on any atom is 0.191 e. The summed E-state index contributed by atoms with van der Waals surface area (Å²) >= 11 is 0. The Hall–Kier alpha value is -0.810. The molecular weight excluding hydrogens is 274 g/mol. The minimum Gasteiger partial charge on any atom is -0.355 e. The Morgan fingerprint density at radius 1 is 1.09 bits per heavy atom. The summed E-state index contributed by atoms with van der Waals surface area (Å²) in [5.41, 5.74) is 0. The molecule has 130 valence electrons. The van der Waals surface area contributed by atoms with Crippen LogP contribution in [-0.4, -0.2) is 73.7 Å². The molecule has 0 aromatic heterocycles. The first-order valence-corrected chi connectivity index (χ1v) is 8.79. The second-order valence-electron chi connectivity index (χ2n) is 7.05. The molecule has 1 saturated carbocycles. The molecule has 5 heteroatoms. The zero-order valence-electron chi connectivity index (χ0n) is 15.7. The topological polar surface area (TPSA) is 42.9 Å². The van der Waals surface area contributed by atoms with Gasteiger partial charge in [0, 0.05) is 50.8 Å². The first kappa shape index (κ1) is 19.2. The highest BCUT2D eigenvalue weighted by Gasteiger charge is 2.28. The molecule has 1 fully saturated rings. The fraction of sp³-hybridized carbons (Fsp3) is 0.941. The van der Waals surface area contributed by atoms with Gasteiger partial charge in [-0.2, -0.15) is 0 Å². The fourth-order valence-electron chi connectivity index (χ4n) is 2.87. The lowest BCUT2D eigenvalue weighted by Crippen LogP contribution is -2.48. The minimum atomic E-state index is 0.536. The Morgan fingerprint density at radius 3 is 2.14 bits per heavy atom. The van der Waals surface area contributed by atoms with Crippen molar-refractivity contribution in [3.8, 4) is 0 Å². The summed E-state index contributed by atoms with van der Waals surface area (Å²) in [4.78, 5) is 9.29. The van der Waals surface area contributed by atoms with Crippen molar-refractivity contribution in [1.29, 1.82) is 0 Å². The van der Waals surface area contributed by atoms with Crippen molar-refractivity contribution in [3.05, 3.63) is 0 Å². The third-order valence-corrected chi connectivity index (χ3v) is 4.60. The standard InChI is InChI=1S/C17H37N5/c1-13(2)22(14(3)4)11-10-19-17(18-6)20-12-15(5)21(7)16-8-9-16/h13-16H,8-12H2,1-7H3,(H2,18,19,20). The van der Waals surface area contributed by atoms with Crippen molar-refractivity contribution in [2.24, 2.45) is 4.99 Å². The van der Waals surface area contributed by atoms with Gasteiger partial charge in [0.25, 0.3) is 0 Å². The molecule has 0 spiro atoms. The van der Waals surface area contributed by atoms with Gasteiger partial charge in [-0.1, -0.05) is 0 Å². The Kier molecular flexibility index (Phi) is 8.18. The molecule has 1 unspecified atom stereocenters. The molecule has 0 radical (unpaired) electrons. The summed E-state index contributed by atoms with van der Waals surface area (Å²) in [5, 5.41) is 6.87. The van der Waals surface area contributed by atoms with Crippen molar-refractivity contribution in [3.63, 3.8) is 0 Å². The molecule has 22 heavy (non-hydrogen) atoms. The van der Waals surface area contributed by atoms with Gasteiger partial charge < -0.3 is 10.6 Å². The molecule has 0 aromatic carbocycles. The summed E-state index contributed by atoms with van der Waals surface area (Å²) < 4.78 is 0. The van der Waals surface area contributed by atoms with Crippen LogP contribution in [0.2, 0.25) is 0 Å². The van der Waals surface area contributed by atoms with E-state index in [1.807, 2.05) is 7.05 Å². The van der Waals surface area contributed by atoms with Gasteiger partial charge in [0.05, 0.1) is 0 Å². The van der Waals surface area contributed by atoms with E-state index >= 15 is 0 Å². The van der Waals surface area contributed by atoms with Gasteiger partial charge in [0.15, 0.2) is 5.96 Å². The Morgan fingerprint density at radius 2 is 1.68 bits per heavy atom. The third kappa shape index (κ3) is 6.53. The van der Waals surface area contributed by atoms with Gasteiger partial charge in [-0.3, -0.25) is 14.8 Å². The molecule has 0 heterocycles. The van der Waals surface area contributed by atoms with Gasteiger partial charge in [-0.15, -0.1) is 0 Å². The second-order valence-corrected chi connectivity index (χ2v) is 7.05. The zero-order chi connectivity index (χ0) is 16.7. The normalized spacial score (nSPS) is 17.7. The van der Waals surface area contributed by atoms with E-state index in [4.69, 9.17) is 0 Å². The first-order chi connectivity index (χ1) is 10.4. The van der Waals surface area contributed by atoms with Gasteiger partial charge in [-0.05, 0) is 54.5 Å². The number of nitrogens with zero attached hydrogens (tertiary/aromatic N) is 3. The highest BCUT2D eigenvalue weighted by molar-refractivity contribution is 5.79. The summed E-state index contributed by atoms with van der Waals surface area (Å²) in [5.74, 6) is 0.906. The average molecular weight is 312 g/mol. The molecule has 0 amide bonds.